The van der Waals surface area contributed by atoms with E-state index in [1.807, 2.05) is 41.6 Å². The van der Waals surface area contributed by atoms with Crippen molar-refractivity contribution in [2.45, 2.75) is 38.6 Å². The number of aromatic nitrogens is 2. The van der Waals surface area contributed by atoms with Crippen LogP contribution in [0, 0.1) is 0 Å². The van der Waals surface area contributed by atoms with Crippen LogP contribution in [0.1, 0.15) is 37.1 Å². The van der Waals surface area contributed by atoms with Gasteiger partial charge in [-0.25, -0.2) is 4.98 Å². The second-order valence-corrected chi connectivity index (χ2v) is 6.49. The molecule has 0 bridgehead atoms. The van der Waals surface area contributed by atoms with Crippen LogP contribution in [0.15, 0.2) is 36.7 Å². The lowest BCUT2D eigenvalue weighted by Gasteiger charge is -2.32. The minimum Gasteiger partial charge on any atom is -0.342 e. The Morgan fingerprint density at radius 3 is 3.09 bits per heavy atom. The second-order valence-electron chi connectivity index (χ2n) is 6.06. The van der Waals surface area contributed by atoms with Crippen LogP contribution in [-0.2, 0) is 17.8 Å². The number of carbonyl (C=O) groups is 1. The first kappa shape index (κ1) is 16.1. The maximum Gasteiger partial charge on any atom is 0.227 e. The Balaban J connectivity index is 1.67. The number of carbonyl (C=O) groups excluding carboxylic acids is 1. The summed E-state index contributed by atoms with van der Waals surface area (Å²) in [5, 5.41) is 0.678. The van der Waals surface area contributed by atoms with Gasteiger partial charge in [-0.15, -0.1) is 0 Å². The van der Waals surface area contributed by atoms with Gasteiger partial charge >= 0.3 is 0 Å². The van der Waals surface area contributed by atoms with E-state index < -0.39 is 0 Å². The molecule has 1 aliphatic heterocycles. The number of hydrogen-bond donors (Lipinski definition) is 0. The lowest BCUT2D eigenvalue weighted by molar-refractivity contribution is -0.131. The van der Waals surface area contributed by atoms with Gasteiger partial charge in [0.25, 0.3) is 0 Å². The zero-order valence-electron chi connectivity index (χ0n) is 13.4. The van der Waals surface area contributed by atoms with E-state index in [4.69, 9.17) is 11.6 Å². The number of rotatable bonds is 4. The van der Waals surface area contributed by atoms with Crippen LogP contribution in [-0.4, -0.2) is 33.4 Å². The molecule has 3 rings (SSSR count). The van der Waals surface area contributed by atoms with Gasteiger partial charge in [-0.05, 0) is 37.5 Å². The molecule has 1 atom stereocenters. The van der Waals surface area contributed by atoms with Crippen molar-refractivity contribution in [1.29, 1.82) is 0 Å². The summed E-state index contributed by atoms with van der Waals surface area (Å²) in [5.74, 6) is 1.61. The molecule has 4 nitrogen and oxygen atoms in total. The molecule has 0 N–H and O–H groups in total. The molecule has 122 valence electrons. The monoisotopic (exact) mass is 331 g/mol. The molecular weight excluding hydrogens is 310 g/mol. The molecule has 1 amide bonds. The highest BCUT2D eigenvalue weighted by molar-refractivity contribution is 6.30. The van der Waals surface area contributed by atoms with Gasteiger partial charge in [0.15, 0.2) is 0 Å². The molecule has 0 spiro atoms. The molecule has 1 aromatic carbocycles. The van der Waals surface area contributed by atoms with Gasteiger partial charge in [0.2, 0.25) is 5.91 Å². The topological polar surface area (TPSA) is 38.1 Å². The summed E-state index contributed by atoms with van der Waals surface area (Å²) < 4.78 is 2.18. The number of nitrogens with zero attached hydrogens (tertiary/aromatic N) is 3. The standard InChI is InChI=1S/C18H22ClN3O/c1-2-21-10-8-20-18(21)15-6-4-9-22(13-15)17(23)12-14-5-3-7-16(19)11-14/h3,5,7-8,10-11,15H,2,4,6,9,12-13H2,1H3/t15-/m0/s1. The number of benzene rings is 1. The Morgan fingerprint density at radius 2 is 2.30 bits per heavy atom. The highest BCUT2D eigenvalue weighted by Crippen LogP contribution is 2.26. The van der Waals surface area contributed by atoms with E-state index >= 15 is 0 Å². The van der Waals surface area contributed by atoms with Crippen molar-refractivity contribution in [2.75, 3.05) is 13.1 Å². The summed E-state index contributed by atoms with van der Waals surface area (Å²) in [5.41, 5.74) is 0.972. The van der Waals surface area contributed by atoms with Gasteiger partial charge in [0, 0.05) is 43.0 Å². The molecule has 1 aliphatic rings. The number of imidazole rings is 1. The smallest absolute Gasteiger partial charge is 0.227 e. The van der Waals surface area contributed by atoms with Gasteiger partial charge in [0.05, 0.1) is 6.42 Å². The number of aryl methyl sites for hydroxylation is 1. The average Bonchev–Trinajstić information content (AvgIpc) is 3.03. The van der Waals surface area contributed by atoms with Gasteiger partial charge in [-0.2, -0.15) is 0 Å². The summed E-state index contributed by atoms with van der Waals surface area (Å²) in [6.07, 6.45) is 6.41. The third kappa shape index (κ3) is 3.75. The summed E-state index contributed by atoms with van der Waals surface area (Å²) in [4.78, 5) is 19.1. The Bertz CT molecular complexity index is 682. The molecule has 0 aliphatic carbocycles. The molecule has 0 unspecified atom stereocenters. The Hall–Kier alpha value is -1.81. The quantitative estimate of drug-likeness (QED) is 0.860. The van der Waals surface area contributed by atoms with Crippen molar-refractivity contribution in [2.24, 2.45) is 0 Å². The van der Waals surface area contributed by atoms with E-state index in [0.717, 1.165) is 43.9 Å². The van der Waals surface area contributed by atoms with Crippen LogP contribution in [0.2, 0.25) is 5.02 Å². The number of likely N-dealkylation sites (tertiary alicyclic amines) is 1. The minimum atomic E-state index is 0.173. The third-order valence-corrected chi connectivity index (χ3v) is 4.71. The van der Waals surface area contributed by atoms with Crippen LogP contribution in [0.3, 0.4) is 0 Å². The van der Waals surface area contributed by atoms with Crippen LogP contribution in [0.4, 0.5) is 0 Å². The van der Waals surface area contributed by atoms with Crippen molar-refractivity contribution < 1.29 is 4.79 Å². The predicted octanol–water partition coefficient (Wildman–Crippen LogP) is 3.51. The van der Waals surface area contributed by atoms with Crippen molar-refractivity contribution in [3.05, 3.63) is 53.1 Å². The normalized spacial score (nSPS) is 18.2. The SMILES string of the molecule is CCn1ccnc1[C@H]1CCCN(C(=O)Cc2cccc(Cl)c2)C1. The maximum absolute atomic E-state index is 12.6. The average molecular weight is 332 g/mol. The van der Waals surface area contributed by atoms with E-state index in [-0.39, 0.29) is 5.91 Å². The highest BCUT2D eigenvalue weighted by atomic mass is 35.5. The molecule has 23 heavy (non-hydrogen) atoms. The fourth-order valence-electron chi connectivity index (χ4n) is 3.30. The van der Waals surface area contributed by atoms with E-state index in [2.05, 4.69) is 16.5 Å². The molecule has 2 heterocycles. The zero-order valence-corrected chi connectivity index (χ0v) is 14.2. The molecular formula is C18H22ClN3O. The fourth-order valence-corrected chi connectivity index (χ4v) is 3.51. The van der Waals surface area contributed by atoms with Crippen molar-refractivity contribution >= 4 is 17.5 Å². The number of hydrogen-bond acceptors (Lipinski definition) is 2. The predicted molar refractivity (Wildman–Crippen MR) is 91.6 cm³/mol. The van der Waals surface area contributed by atoms with Gasteiger partial charge in [0.1, 0.15) is 5.82 Å². The van der Waals surface area contributed by atoms with E-state index in [1.54, 1.807) is 0 Å². The summed E-state index contributed by atoms with van der Waals surface area (Å²) in [7, 11) is 0. The second kappa shape index (κ2) is 7.18. The minimum absolute atomic E-state index is 0.173. The van der Waals surface area contributed by atoms with Crippen LogP contribution < -0.4 is 0 Å². The Morgan fingerprint density at radius 1 is 1.43 bits per heavy atom. The van der Waals surface area contributed by atoms with Crippen molar-refractivity contribution in [1.82, 2.24) is 14.5 Å². The number of piperidine rings is 1. The van der Waals surface area contributed by atoms with Crippen molar-refractivity contribution in [3.63, 3.8) is 0 Å². The summed E-state index contributed by atoms with van der Waals surface area (Å²) in [6, 6.07) is 7.54. The lowest BCUT2D eigenvalue weighted by atomic mass is 9.96. The van der Waals surface area contributed by atoms with E-state index in [1.165, 1.54) is 0 Å². The molecule has 5 heteroatoms. The maximum atomic E-state index is 12.6. The molecule has 0 saturated carbocycles. The molecule has 1 fully saturated rings. The van der Waals surface area contributed by atoms with E-state index in [9.17, 15) is 4.79 Å². The molecule has 0 radical (unpaired) electrons. The van der Waals surface area contributed by atoms with Gasteiger partial charge in [-0.3, -0.25) is 4.79 Å². The lowest BCUT2D eigenvalue weighted by Crippen LogP contribution is -2.40. The zero-order chi connectivity index (χ0) is 16.2. The van der Waals surface area contributed by atoms with Crippen molar-refractivity contribution in [3.8, 4) is 0 Å². The van der Waals surface area contributed by atoms with Crippen LogP contribution in [0.5, 0.6) is 0 Å². The number of amides is 1. The Labute approximate surface area is 142 Å². The number of halogens is 1. The molecule has 1 saturated heterocycles. The first-order valence-electron chi connectivity index (χ1n) is 8.20. The van der Waals surface area contributed by atoms with E-state index in [0.29, 0.717) is 17.4 Å². The van der Waals surface area contributed by atoms with Gasteiger partial charge in [-0.1, -0.05) is 23.7 Å². The molecule has 2 aromatic rings. The highest BCUT2D eigenvalue weighted by Gasteiger charge is 2.27. The fraction of sp³-hybridized carbons (Fsp3) is 0.444. The third-order valence-electron chi connectivity index (χ3n) is 4.47. The Kier molecular flexibility index (Phi) is 5.01. The van der Waals surface area contributed by atoms with Crippen LogP contribution in [0.25, 0.3) is 0 Å². The summed E-state index contributed by atoms with van der Waals surface area (Å²) in [6.45, 7) is 4.64. The first-order chi connectivity index (χ1) is 11.2. The largest absolute Gasteiger partial charge is 0.342 e. The van der Waals surface area contributed by atoms with Crippen LogP contribution >= 0.6 is 11.6 Å². The van der Waals surface area contributed by atoms with Gasteiger partial charge < -0.3 is 9.47 Å². The summed E-state index contributed by atoms with van der Waals surface area (Å²) >= 11 is 6.00. The first-order valence-corrected chi connectivity index (χ1v) is 8.58. The molecule has 1 aromatic heterocycles.